The molecule has 0 atom stereocenters. The number of nitrogens with zero attached hydrogens (tertiary/aromatic N) is 1. The Hall–Kier alpha value is -0.910. The molecule has 18 heavy (non-hydrogen) atoms. The third-order valence-electron chi connectivity index (χ3n) is 2.34. The molecule has 2 rings (SSSR count). The largest absolute Gasteiger partial charge is 0.486 e. The Balaban J connectivity index is 1.90. The zero-order valence-corrected chi connectivity index (χ0v) is 12.6. The first-order chi connectivity index (χ1) is 8.79. The van der Waals surface area contributed by atoms with E-state index in [9.17, 15) is 0 Å². The summed E-state index contributed by atoms with van der Waals surface area (Å²) in [4.78, 5) is 4.51. The number of para-hydroxylation sites is 1. The molecular formula is C13H15BrN2OS. The first-order valence-corrected chi connectivity index (χ1v) is 7.48. The SMILES string of the molecule is CCNCc1nc(COc2ccccc2Br)cs1. The van der Waals surface area contributed by atoms with Crippen molar-refractivity contribution in [3.05, 3.63) is 44.8 Å². The quantitative estimate of drug-likeness (QED) is 0.880. The van der Waals surface area contributed by atoms with Gasteiger partial charge in [0.05, 0.1) is 10.2 Å². The molecule has 1 aromatic heterocycles. The number of hydrogen-bond donors (Lipinski definition) is 1. The predicted octanol–water partition coefficient (Wildman–Crippen LogP) is 3.59. The van der Waals surface area contributed by atoms with Crippen LogP contribution in [0.5, 0.6) is 5.75 Å². The summed E-state index contributed by atoms with van der Waals surface area (Å²) in [5, 5.41) is 6.41. The Morgan fingerprint density at radius 3 is 3.00 bits per heavy atom. The van der Waals surface area contributed by atoms with E-state index in [1.807, 2.05) is 29.6 Å². The maximum absolute atomic E-state index is 5.72. The lowest BCUT2D eigenvalue weighted by atomic mass is 10.3. The van der Waals surface area contributed by atoms with E-state index in [1.165, 1.54) is 0 Å². The highest BCUT2D eigenvalue weighted by atomic mass is 79.9. The Morgan fingerprint density at radius 1 is 1.39 bits per heavy atom. The molecule has 3 nitrogen and oxygen atoms in total. The van der Waals surface area contributed by atoms with Crippen molar-refractivity contribution in [3.63, 3.8) is 0 Å². The summed E-state index contributed by atoms with van der Waals surface area (Å²) in [7, 11) is 0. The minimum absolute atomic E-state index is 0.505. The molecule has 0 amide bonds. The molecule has 0 bridgehead atoms. The lowest BCUT2D eigenvalue weighted by Gasteiger charge is -2.05. The van der Waals surface area contributed by atoms with Crippen LogP contribution in [0.15, 0.2) is 34.1 Å². The van der Waals surface area contributed by atoms with E-state index in [2.05, 4.69) is 33.2 Å². The molecule has 2 aromatic rings. The number of benzene rings is 1. The zero-order valence-electron chi connectivity index (χ0n) is 10.1. The molecule has 0 radical (unpaired) electrons. The molecule has 0 fully saturated rings. The molecule has 0 aliphatic carbocycles. The molecule has 5 heteroatoms. The summed E-state index contributed by atoms with van der Waals surface area (Å²) in [6.07, 6.45) is 0. The van der Waals surface area contributed by atoms with Gasteiger partial charge < -0.3 is 10.1 Å². The van der Waals surface area contributed by atoms with Gasteiger partial charge in [-0.15, -0.1) is 11.3 Å². The van der Waals surface area contributed by atoms with E-state index < -0.39 is 0 Å². The van der Waals surface area contributed by atoms with Gasteiger partial charge in [-0.1, -0.05) is 19.1 Å². The summed E-state index contributed by atoms with van der Waals surface area (Å²) in [5.41, 5.74) is 0.976. The van der Waals surface area contributed by atoms with Crippen LogP contribution in [0.3, 0.4) is 0 Å². The van der Waals surface area contributed by atoms with E-state index >= 15 is 0 Å². The molecule has 96 valence electrons. The molecule has 0 aliphatic rings. The number of rotatable bonds is 6. The molecule has 1 N–H and O–H groups in total. The van der Waals surface area contributed by atoms with Gasteiger partial charge in [0.25, 0.3) is 0 Å². The first-order valence-electron chi connectivity index (χ1n) is 5.81. The Bertz CT molecular complexity index is 501. The number of thiazole rings is 1. The Kier molecular flexibility index (Phi) is 5.16. The summed E-state index contributed by atoms with van der Waals surface area (Å²) in [6, 6.07) is 7.83. The predicted molar refractivity (Wildman–Crippen MR) is 78.0 cm³/mol. The van der Waals surface area contributed by atoms with Gasteiger partial charge in [0.15, 0.2) is 0 Å². The molecule has 0 aliphatic heterocycles. The molecule has 1 heterocycles. The van der Waals surface area contributed by atoms with Crippen molar-refractivity contribution < 1.29 is 4.74 Å². The number of aromatic nitrogens is 1. The van der Waals surface area contributed by atoms with Crippen molar-refractivity contribution in [1.29, 1.82) is 0 Å². The highest BCUT2D eigenvalue weighted by molar-refractivity contribution is 9.10. The van der Waals surface area contributed by atoms with Gasteiger partial charge in [0.2, 0.25) is 0 Å². The second-order valence-electron chi connectivity index (χ2n) is 3.73. The van der Waals surface area contributed by atoms with E-state index in [-0.39, 0.29) is 0 Å². The van der Waals surface area contributed by atoms with Crippen LogP contribution < -0.4 is 10.1 Å². The number of ether oxygens (including phenoxy) is 1. The normalized spacial score (nSPS) is 10.6. The van der Waals surface area contributed by atoms with Crippen LogP contribution in [0.4, 0.5) is 0 Å². The topological polar surface area (TPSA) is 34.2 Å². The number of hydrogen-bond acceptors (Lipinski definition) is 4. The van der Waals surface area contributed by atoms with Gasteiger partial charge in [0, 0.05) is 11.9 Å². The van der Waals surface area contributed by atoms with Gasteiger partial charge in [-0.2, -0.15) is 0 Å². The Morgan fingerprint density at radius 2 is 2.22 bits per heavy atom. The standard InChI is InChI=1S/C13H15BrN2OS/c1-2-15-7-13-16-10(9-18-13)8-17-12-6-4-3-5-11(12)14/h3-6,9,15H,2,7-8H2,1H3. The fraction of sp³-hybridized carbons (Fsp3) is 0.308. The minimum Gasteiger partial charge on any atom is -0.486 e. The average Bonchev–Trinajstić information content (AvgIpc) is 2.83. The van der Waals surface area contributed by atoms with Crippen molar-refractivity contribution >= 4 is 27.3 Å². The van der Waals surface area contributed by atoms with Crippen LogP contribution in [0.2, 0.25) is 0 Å². The van der Waals surface area contributed by atoms with Gasteiger partial charge in [0.1, 0.15) is 17.4 Å². The Labute approximate surface area is 119 Å². The highest BCUT2D eigenvalue weighted by Crippen LogP contribution is 2.24. The second kappa shape index (κ2) is 6.87. The molecule has 0 saturated carbocycles. The summed E-state index contributed by atoms with van der Waals surface area (Å²) < 4.78 is 6.68. The first kappa shape index (κ1) is 13.5. The van der Waals surface area contributed by atoms with Crippen LogP contribution >= 0.6 is 27.3 Å². The van der Waals surface area contributed by atoms with E-state index in [0.717, 1.165) is 34.0 Å². The van der Waals surface area contributed by atoms with Crippen LogP contribution in [-0.4, -0.2) is 11.5 Å². The van der Waals surface area contributed by atoms with E-state index in [1.54, 1.807) is 11.3 Å². The molecule has 1 aromatic carbocycles. The van der Waals surface area contributed by atoms with Crippen molar-refractivity contribution in [2.24, 2.45) is 0 Å². The fourth-order valence-corrected chi connectivity index (χ4v) is 2.59. The molecule has 0 saturated heterocycles. The zero-order chi connectivity index (χ0) is 12.8. The molecule has 0 unspecified atom stereocenters. The third kappa shape index (κ3) is 3.80. The monoisotopic (exact) mass is 326 g/mol. The summed E-state index contributed by atoms with van der Waals surface area (Å²) >= 11 is 5.12. The minimum atomic E-state index is 0.505. The molecule has 0 spiro atoms. The van der Waals surface area contributed by atoms with Crippen molar-refractivity contribution in [2.75, 3.05) is 6.54 Å². The van der Waals surface area contributed by atoms with Crippen LogP contribution in [0.25, 0.3) is 0 Å². The lowest BCUT2D eigenvalue weighted by Crippen LogP contribution is -2.11. The van der Waals surface area contributed by atoms with E-state index in [0.29, 0.717) is 6.61 Å². The van der Waals surface area contributed by atoms with Crippen molar-refractivity contribution in [3.8, 4) is 5.75 Å². The molecular weight excluding hydrogens is 312 g/mol. The van der Waals surface area contributed by atoms with Crippen LogP contribution in [-0.2, 0) is 13.2 Å². The van der Waals surface area contributed by atoms with Crippen LogP contribution in [0.1, 0.15) is 17.6 Å². The third-order valence-corrected chi connectivity index (χ3v) is 3.89. The van der Waals surface area contributed by atoms with E-state index in [4.69, 9.17) is 4.74 Å². The summed E-state index contributed by atoms with van der Waals surface area (Å²) in [5.74, 6) is 0.846. The van der Waals surface area contributed by atoms with Gasteiger partial charge in [-0.25, -0.2) is 4.98 Å². The fourth-order valence-electron chi connectivity index (χ4n) is 1.44. The highest BCUT2D eigenvalue weighted by Gasteiger charge is 2.04. The van der Waals surface area contributed by atoms with Crippen LogP contribution in [0, 0.1) is 0 Å². The summed E-state index contributed by atoms with van der Waals surface area (Å²) in [6.45, 7) is 4.38. The van der Waals surface area contributed by atoms with Gasteiger partial charge >= 0.3 is 0 Å². The van der Waals surface area contributed by atoms with Crippen molar-refractivity contribution in [2.45, 2.75) is 20.1 Å². The van der Waals surface area contributed by atoms with Gasteiger partial charge in [-0.05, 0) is 34.6 Å². The van der Waals surface area contributed by atoms with Gasteiger partial charge in [-0.3, -0.25) is 0 Å². The maximum Gasteiger partial charge on any atom is 0.134 e. The number of halogens is 1. The smallest absolute Gasteiger partial charge is 0.134 e. The average molecular weight is 327 g/mol. The lowest BCUT2D eigenvalue weighted by molar-refractivity contribution is 0.300. The number of nitrogens with one attached hydrogen (secondary N) is 1. The van der Waals surface area contributed by atoms with Crippen molar-refractivity contribution in [1.82, 2.24) is 10.3 Å². The maximum atomic E-state index is 5.72. The second-order valence-corrected chi connectivity index (χ2v) is 5.53.